The Morgan fingerprint density at radius 3 is 2.39 bits per heavy atom. The van der Waals surface area contributed by atoms with Gasteiger partial charge in [-0.15, -0.1) is 0 Å². The van der Waals surface area contributed by atoms with Crippen LogP contribution in [0.15, 0.2) is 60.9 Å². The molecule has 0 bridgehead atoms. The van der Waals surface area contributed by atoms with E-state index in [1.807, 2.05) is 12.1 Å². The lowest BCUT2D eigenvalue weighted by atomic mass is 9.75. The van der Waals surface area contributed by atoms with Gasteiger partial charge < -0.3 is 29.9 Å². The number of hydrogen-bond donors (Lipinski definition) is 4. The van der Waals surface area contributed by atoms with E-state index in [0.29, 0.717) is 31.0 Å². The SMILES string of the molecule is C[C@H](O)c1nccn1C(C#Cc1ccc(-c2ccc(C3CC(N[C@H]4COC[C@@H]4O)C3)cc2)cc1)CO. The third-order valence-corrected chi connectivity index (χ3v) is 7.20. The second kappa shape index (κ2) is 11.0. The lowest BCUT2D eigenvalue weighted by Gasteiger charge is -2.38. The van der Waals surface area contributed by atoms with Crippen molar-refractivity contribution in [3.8, 4) is 23.0 Å². The van der Waals surface area contributed by atoms with Crippen molar-refractivity contribution in [2.45, 2.75) is 56.0 Å². The number of ether oxygens (including phenoxy) is 1. The zero-order valence-corrected chi connectivity index (χ0v) is 20.4. The molecule has 0 amide bonds. The topological polar surface area (TPSA) is 99.8 Å². The number of hydrogen-bond acceptors (Lipinski definition) is 6. The molecule has 3 aromatic rings. The summed E-state index contributed by atoms with van der Waals surface area (Å²) < 4.78 is 7.04. The van der Waals surface area contributed by atoms with Gasteiger partial charge in [-0.25, -0.2) is 4.98 Å². The van der Waals surface area contributed by atoms with Gasteiger partial charge in [-0.2, -0.15) is 0 Å². The molecule has 7 nitrogen and oxygen atoms in total. The van der Waals surface area contributed by atoms with Gasteiger partial charge in [0.25, 0.3) is 0 Å². The quantitative estimate of drug-likeness (QED) is 0.383. The Morgan fingerprint density at radius 2 is 1.78 bits per heavy atom. The fraction of sp³-hybridized carbons (Fsp3) is 0.414. The Labute approximate surface area is 211 Å². The fourth-order valence-corrected chi connectivity index (χ4v) is 5.01. The maximum absolute atomic E-state index is 9.91. The number of nitrogens with zero attached hydrogens (tertiary/aromatic N) is 2. The van der Waals surface area contributed by atoms with Crippen molar-refractivity contribution in [3.05, 3.63) is 77.9 Å². The molecule has 2 aromatic carbocycles. The minimum Gasteiger partial charge on any atom is -0.393 e. The Hall–Kier alpha value is -2.99. The molecule has 4 N–H and O–H groups in total. The van der Waals surface area contributed by atoms with Crippen LogP contribution >= 0.6 is 0 Å². The minimum absolute atomic E-state index is 0.0631. The number of benzene rings is 2. The fourth-order valence-electron chi connectivity index (χ4n) is 5.01. The summed E-state index contributed by atoms with van der Waals surface area (Å²) in [6.45, 7) is 2.51. The zero-order chi connectivity index (χ0) is 25.1. The highest BCUT2D eigenvalue weighted by Gasteiger charge is 2.35. The molecule has 1 aliphatic heterocycles. The highest BCUT2D eigenvalue weighted by atomic mass is 16.5. The standard InChI is InChI=1S/C29H33N3O4/c1-19(34)29-30-12-13-32(29)26(16-33)11-4-20-2-5-21(6-3-20)22-7-9-23(10-8-22)24-14-25(15-24)31-27-17-36-18-28(27)35/h2-3,5-10,12-13,19,24-28,31,33-35H,14-18H2,1H3/t19-,24?,25?,26?,27-,28-/m0/s1. The highest BCUT2D eigenvalue weighted by molar-refractivity contribution is 5.64. The molecule has 1 saturated carbocycles. The van der Waals surface area contributed by atoms with Gasteiger partial charge in [0.2, 0.25) is 0 Å². The van der Waals surface area contributed by atoms with Gasteiger partial charge in [0, 0.05) is 24.0 Å². The van der Waals surface area contributed by atoms with Crippen molar-refractivity contribution in [3.63, 3.8) is 0 Å². The van der Waals surface area contributed by atoms with Crippen molar-refractivity contribution in [1.82, 2.24) is 14.9 Å². The van der Waals surface area contributed by atoms with E-state index in [2.05, 4.69) is 58.5 Å². The van der Waals surface area contributed by atoms with Gasteiger partial charge in [0.15, 0.2) is 0 Å². The number of aliphatic hydroxyl groups is 3. The lowest BCUT2D eigenvalue weighted by molar-refractivity contribution is 0.118. The number of aromatic nitrogens is 2. The monoisotopic (exact) mass is 487 g/mol. The lowest BCUT2D eigenvalue weighted by Crippen LogP contribution is -2.49. The summed E-state index contributed by atoms with van der Waals surface area (Å²) in [5, 5.41) is 33.1. The van der Waals surface area contributed by atoms with Crippen LogP contribution in [0, 0.1) is 11.8 Å². The first-order valence-corrected chi connectivity index (χ1v) is 12.6. The normalized spacial score (nSPS) is 25.0. The van der Waals surface area contributed by atoms with E-state index in [1.165, 1.54) is 5.56 Å². The molecule has 2 fully saturated rings. The Kier molecular flexibility index (Phi) is 7.51. The van der Waals surface area contributed by atoms with Gasteiger partial charge in [0.1, 0.15) is 18.0 Å². The maximum atomic E-state index is 9.91. The molecule has 1 aliphatic carbocycles. The molecule has 4 atom stereocenters. The molecule has 0 radical (unpaired) electrons. The van der Waals surface area contributed by atoms with Crippen LogP contribution in [0.1, 0.15) is 54.8 Å². The van der Waals surface area contributed by atoms with Crippen LogP contribution in [-0.2, 0) is 4.74 Å². The van der Waals surface area contributed by atoms with E-state index in [1.54, 1.807) is 23.9 Å². The van der Waals surface area contributed by atoms with Crippen LogP contribution in [0.2, 0.25) is 0 Å². The molecule has 2 aliphatic rings. The van der Waals surface area contributed by atoms with Crippen LogP contribution in [0.5, 0.6) is 0 Å². The summed E-state index contributed by atoms with van der Waals surface area (Å²) in [6.07, 6.45) is 4.37. The maximum Gasteiger partial charge on any atom is 0.138 e. The van der Waals surface area contributed by atoms with E-state index in [-0.39, 0.29) is 12.6 Å². The van der Waals surface area contributed by atoms with E-state index < -0.39 is 18.2 Å². The van der Waals surface area contributed by atoms with Gasteiger partial charge in [-0.05, 0) is 54.5 Å². The van der Waals surface area contributed by atoms with Crippen molar-refractivity contribution in [2.75, 3.05) is 19.8 Å². The first-order valence-electron chi connectivity index (χ1n) is 12.6. The Balaban J connectivity index is 1.18. The molecule has 2 heterocycles. The summed E-state index contributed by atoms with van der Waals surface area (Å²) in [7, 11) is 0. The average Bonchev–Trinajstić information content (AvgIpc) is 3.51. The smallest absolute Gasteiger partial charge is 0.138 e. The van der Waals surface area contributed by atoms with Crippen molar-refractivity contribution in [1.29, 1.82) is 0 Å². The number of rotatable bonds is 7. The largest absolute Gasteiger partial charge is 0.393 e. The third kappa shape index (κ3) is 5.39. The Bertz CT molecular complexity index is 1200. The molecule has 0 spiro atoms. The second-order valence-corrected chi connectivity index (χ2v) is 9.78. The third-order valence-electron chi connectivity index (χ3n) is 7.20. The van der Waals surface area contributed by atoms with Crippen molar-refractivity contribution < 1.29 is 20.1 Å². The molecule has 7 heteroatoms. The molecule has 5 rings (SSSR count). The summed E-state index contributed by atoms with van der Waals surface area (Å²) in [6, 6.07) is 16.9. The summed E-state index contributed by atoms with van der Waals surface area (Å²) in [5.41, 5.74) is 4.50. The van der Waals surface area contributed by atoms with Crippen LogP contribution < -0.4 is 5.32 Å². The average molecular weight is 488 g/mol. The summed E-state index contributed by atoms with van der Waals surface area (Å²) in [5.74, 6) is 7.26. The minimum atomic E-state index is -0.732. The molecule has 1 saturated heterocycles. The number of nitrogens with one attached hydrogen (secondary N) is 1. The van der Waals surface area contributed by atoms with Crippen LogP contribution in [-0.4, -0.2) is 62.9 Å². The van der Waals surface area contributed by atoms with Crippen LogP contribution in [0.4, 0.5) is 0 Å². The van der Waals surface area contributed by atoms with Gasteiger partial charge in [-0.1, -0.05) is 48.2 Å². The molecule has 1 aromatic heterocycles. The molecule has 36 heavy (non-hydrogen) atoms. The number of aliphatic hydroxyl groups excluding tert-OH is 3. The molecule has 1 unspecified atom stereocenters. The Morgan fingerprint density at radius 1 is 1.08 bits per heavy atom. The van der Waals surface area contributed by atoms with Crippen LogP contribution in [0.3, 0.4) is 0 Å². The summed E-state index contributed by atoms with van der Waals surface area (Å²) in [4.78, 5) is 4.15. The van der Waals surface area contributed by atoms with E-state index in [4.69, 9.17) is 4.74 Å². The first kappa shape index (κ1) is 24.7. The van der Waals surface area contributed by atoms with Gasteiger partial charge >= 0.3 is 0 Å². The van der Waals surface area contributed by atoms with E-state index >= 15 is 0 Å². The predicted octanol–water partition coefficient (Wildman–Crippen LogP) is 2.78. The summed E-state index contributed by atoms with van der Waals surface area (Å²) >= 11 is 0. The van der Waals surface area contributed by atoms with Crippen molar-refractivity contribution >= 4 is 0 Å². The van der Waals surface area contributed by atoms with Crippen molar-refractivity contribution in [2.24, 2.45) is 0 Å². The number of imidazole rings is 1. The van der Waals surface area contributed by atoms with Gasteiger partial charge in [-0.3, -0.25) is 0 Å². The first-order chi connectivity index (χ1) is 17.5. The molecular formula is C29H33N3O4. The van der Waals surface area contributed by atoms with E-state index in [0.717, 1.165) is 29.5 Å². The van der Waals surface area contributed by atoms with Gasteiger partial charge in [0.05, 0.1) is 32.0 Å². The predicted molar refractivity (Wildman–Crippen MR) is 137 cm³/mol. The molecular weight excluding hydrogens is 454 g/mol. The zero-order valence-electron chi connectivity index (χ0n) is 20.4. The van der Waals surface area contributed by atoms with Crippen LogP contribution in [0.25, 0.3) is 11.1 Å². The molecule has 188 valence electrons. The second-order valence-electron chi connectivity index (χ2n) is 9.78. The highest BCUT2D eigenvalue weighted by Crippen LogP contribution is 2.38. The van der Waals surface area contributed by atoms with E-state index in [9.17, 15) is 15.3 Å².